The number of hydrogen-bond donors (Lipinski definition) is 1. The van der Waals surface area contributed by atoms with Crippen molar-refractivity contribution in [2.75, 3.05) is 19.4 Å². The van der Waals surface area contributed by atoms with Gasteiger partial charge in [0.1, 0.15) is 6.61 Å². The quantitative estimate of drug-likeness (QED) is 0.823. The summed E-state index contributed by atoms with van der Waals surface area (Å²) in [5, 5.41) is 3.79. The highest BCUT2D eigenvalue weighted by atomic mass is 16.5. The van der Waals surface area contributed by atoms with Crippen LogP contribution in [0.15, 0.2) is 34.9 Å². The van der Waals surface area contributed by atoms with Gasteiger partial charge in [0.15, 0.2) is 11.5 Å². The lowest BCUT2D eigenvalue weighted by atomic mass is 10.1. The van der Waals surface area contributed by atoms with Gasteiger partial charge in [-0.25, -0.2) is 0 Å². The first kappa shape index (κ1) is 15.1. The zero-order valence-electron chi connectivity index (χ0n) is 12.2. The number of anilines is 1. The lowest BCUT2D eigenvalue weighted by Crippen LogP contribution is -2.30. The van der Waals surface area contributed by atoms with E-state index in [0.717, 1.165) is 5.56 Å². The molecule has 112 valence electrons. The van der Waals surface area contributed by atoms with Crippen molar-refractivity contribution in [1.29, 1.82) is 0 Å². The summed E-state index contributed by atoms with van der Waals surface area (Å²) in [7, 11) is 1.56. The molecule has 2 N–H and O–H groups in total. The topological polar surface area (TPSA) is 81.6 Å². The van der Waals surface area contributed by atoms with Crippen LogP contribution in [0.2, 0.25) is 0 Å². The van der Waals surface area contributed by atoms with Gasteiger partial charge in [-0.2, -0.15) is 0 Å². The third kappa shape index (κ3) is 3.61. The summed E-state index contributed by atoms with van der Waals surface area (Å²) in [6, 6.07) is 9.09. The van der Waals surface area contributed by atoms with Crippen LogP contribution in [0.5, 0.6) is 0 Å². The molecule has 0 aliphatic carbocycles. The van der Waals surface area contributed by atoms with E-state index in [9.17, 15) is 4.79 Å². The lowest BCUT2D eigenvalue weighted by Gasteiger charge is -2.20. The molecule has 21 heavy (non-hydrogen) atoms. The van der Waals surface area contributed by atoms with E-state index in [1.165, 1.54) is 0 Å². The van der Waals surface area contributed by atoms with E-state index in [0.29, 0.717) is 24.5 Å². The second-order valence-corrected chi connectivity index (χ2v) is 4.63. The third-order valence-electron chi connectivity index (χ3n) is 3.15. The molecule has 0 fully saturated rings. The van der Waals surface area contributed by atoms with Gasteiger partial charge in [-0.05, 0) is 18.6 Å². The standard InChI is InChI=1S/C15H19N3O3/c1-3-18(9-11-6-4-5-7-13(11)16)15(19)14-8-12(10-20-2)21-17-14/h4-8H,3,9-10,16H2,1-2H3. The number of methoxy groups -OCH3 is 1. The number of nitrogens with two attached hydrogens (primary N) is 1. The molecule has 1 amide bonds. The lowest BCUT2D eigenvalue weighted by molar-refractivity contribution is 0.0742. The van der Waals surface area contributed by atoms with Crippen LogP contribution >= 0.6 is 0 Å². The molecule has 0 radical (unpaired) electrons. The van der Waals surface area contributed by atoms with Gasteiger partial charge >= 0.3 is 0 Å². The van der Waals surface area contributed by atoms with Crippen molar-refractivity contribution in [3.05, 3.63) is 47.3 Å². The number of carbonyl (C=O) groups excluding carboxylic acids is 1. The predicted molar refractivity (Wildman–Crippen MR) is 78.5 cm³/mol. The largest absolute Gasteiger partial charge is 0.398 e. The molecule has 0 atom stereocenters. The maximum atomic E-state index is 12.4. The van der Waals surface area contributed by atoms with E-state index in [2.05, 4.69) is 5.16 Å². The van der Waals surface area contributed by atoms with Crippen molar-refractivity contribution in [1.82, 2.24) is 10.1 Å². The third-order valence-corrected chi connectivity index (χ3v) is 3.15. The minimum absolute atomic E-state index is 0.188. The molecule has 0 saturated heterocycles. The van der Waals surface area contributed by atoms with Gasteiger partial charge in [0.05, 0.1) is 0 Å². The highest BCUT2D eigenvalue weighted by Gasteiger charge is 2.19. The first-order chi connectivity index (χ1) is 10.2. The van der Waals surface area contributed by atoms with Crippen LogP contribution in [-0.2, 0) is 17.9 Å². The molecule has 0 bridgehead atoms. The fraction of sp³-hybridized carbons (Fsp3) is 0.333. The van der Waals surface area contributed by atoms with E-state index in [4.69, 9.17) is 15.0 Å². The Balaban J connectivity index is 2.12. The fourth-order valence-electron chi connectivity index (χ4n) is 2.00. The Kier molecular flexibility index (Phi) is 4.94. The predicted octanol–water partition coefficient (Wildman–Crippen LogP) is 2.07. The van der Waals surface area contributed by atoms with Gasteiger partial charge in [0.25, 0.3) is 5.91 Å². The van der Waals surface area contributed by atoms with Gasteiger partial charge in [0.2, 0.25) is 0 Å². The second kappa shape index (κ2) is 6.90. The molecule has 1 aromatic carbocycles. The Bertz CT molecular complexity index is 610. The Hall–Kier alpha value is -2.34. The summed E-state index contributed by atoms with van der Waals surface area (Å²) in [5.74, 6) is 0.336. The van der Waals surface area contributed by atoms with E-state index in [-0.39, 0.29) is 18.2 Å². The Labute approximate surface area is 123 Å². The number of ether oxygens (including phenoxy) is 1. The highest BCUT2D eigenvalue weighted by molar-refractivity contribution is 5.92. The zero-order chi connectivity index (χ0) is 15.2. The van der Waals surface area contributed by atoms with Gasteiger partial charge in [0, 0.05) is 32.0 Å². The first-order valence-electron chi connectivity index (χ1n) is 6.73. The van der Waals surface area contributed by atoms with Crippen LogP contribution in [0.25, 0.3) is 0 Å². The summed E-state index contributed by atoms with van der Waals surface area (Å²) < 4.78 is 9.99. The molecular formula is C15H19N3O3. The smallest absolute Gasteiger partial charge is 0.276 e. The molecule has 1 heterocycles. The van der Waals surface area contributed by atoms with Crippen LogP contribution in [0.4, 0.5) is 5.69 Å². The zero-order valence-corrected chi connectivity index (χ0v) is 12.2. The SMILES string of the molecule is CCN(Cc1ccccc1N)C(=O)c1cc(COC)on1. The van der Waals surface area contributed by atoms with Crippen molar-refractivity contribution in [3.63, 3.8) is 0 Å². The Morgan fingerprint density at radius 3 is 2.86 bits per heavy atom. The van der Waals surface area contributed by atoms with Gasteiger partial charge in [-0.1, -0.05) is 23.4 Å². The van der Waals surface area contributed by atoms with Gasteiger partial charge in [-0.3, -0.25) is 4.79 Å². The van der Waals surface area contributed by atoms with Crippen molar-refractivity contribution in [2.45, 2.75) is 20.1 Å². The van der Waals surface area contributed by atoms with Crippen LogP contribution < -0.4 is 5.73 Å². The van der Waals surface area contributed by atoms with Crippen molar-refractivity contribution >= 4 is 11.6 Å². The van der Waals surface area contributed by atoms with Gasteiger partial charge < -0.3 is 19.9 Å². The average Bonchev–Trinajstić information content (AvgIpc) is 2.95. The first-order valence-corrected chi connectivity index (χ1v) is 6.73. The molecule has 0 unspecified atom stereocenters. The number of nitrogens with zero attached hydrogens (tertiary/aromatic N) is 2. The molecule has 0 saturated carbocycles. The molecular weight excluding hydrogens is 270 g/mol. The molecule has 0 aliphatic heterocycles. The number of amides is 1. The summed E-state index contributed by atoms with van der Waals surface area (Å²) in [6.07, 6.45) is 0. The monoisotopic (exact) mass is 289 g/mol. The van der Waals surface area contributed by atoms with Gasteiger partial charge in [-0.15, -0.1) is 0 Å². The second-order valence-electron chi connectivity index (χ2n) is 4.63. The molecule has 6 heteroatoms. The van der Waals surface area contributed by atoms with Crippen molar-refractivity contribution in [2.24, 2.45) is 0 Å². The van der Waals surface area contributed by atoms with Crippen LogP contribution in [0, 0.1) is 0 Å². The van der Waals surface area contributed by atoms with E-state index >= 15 is 0 Å². The van der Waals surface area contributed by atoms with Crippen molar-refractivity contribution < 1.29 is 14.1 Å². The number of carbonyl (C=O) groups is 1. The summed E-state index contributed by atoms with van der Waals surface area (Å²) in [6.45, 7) is 3.19. The van der Waals surface area contributed by atoms with Crippen molar-refractivity contribution in [3.8, 4) is 0 Å². The summed E-state index contributed by atoms with van der Waals surface area (Å²) in [5.41, 5.74) is 7.77. The molecule has 0 aliphatic rings. The normalized spacial score (nSPS) is 10.6. The maximum Gasteiger partial charge on any atom is 0.276 e. The fourth-order valence-corrected chi connectivity index (χ4v) is 2.00. The molecule has 1 aromatic heterocycles. The van der Waals surface area contributed by atoms with E-state index in [1.54, 1.807) is 18.1 Å². The minimum atomic E-state index is -0.188. The van der Waals surface area contributed by atoms with Crippen LogP contribution in [0.3, 0.4) is 0 Å². The van der Waals surface area contributed by atoms with Crippen LogP contribution in [0.1, 0.15) is 28.7 Å². The molecule has 0 spiro atoms. The molecule has 2 rings (SSSR count). The average molecular weight is 289 g/mol. The van der Waals surface area contributed by atoms with E-state index < -0.39 is 0 Å². The Morgan fingerprint density at radius 1 is 1.43 bits per heavy atom. The Morgan fingerprint density at radius 2 is 2.19 bits per heavy atom. The maximum absolute atomic E-state index is 12.4. The number of hydrogen-bond acceptors (Lipinski definition) is 5. The van der Waals surface area contributed by atoms with Crippen LogP contribution in [-0.4, -0.2) is 29.6 Å². The number of nitrogen functional groups attached to an aromatic ring is 1. The summed E-state index contributed by atoms with van der Waals surface area (Å²) >= 11 is 0. The molecule has 2 aromatic rings. The number of benzene rings is 1. The molecule has 6 nitrogen and oxygen atoms in total. The number of rotatable bonds is 6. The van der Waals surface area contributed by atoms with E-state index in [1.807, 2.05) is 31.2 Å². The highest BCUT2D eigenvalue weighted by Crippen LogP contribution is 2.15. The minimum Gasteiger partial charge on any atom is -0.398 e. The number of aromatic nitrogens is 1. The number of para-hydroxylation sites is 1. The summed E-state index contributed by atoms with van der Waals surface area (Å²) in [4.78, 5) is 14.1.